The van der Waals surface area contributed by atoms with Gasteiger partial charge in [-0.1, -0.05) is 57.9 Å². The van der Waals surface area contributed by atoms with Gasteiger partial charge in [0, 0.05) is 9.50 Å². The lowest BCUT2D eigenvalue weighted by Crippen LogP contribution is -2.28. The summed E-state index contributed by atoms with van der Waals surface area (Å²) < 4.78 is 1.08. The van der Waals surface area contributed by atoms with E-state index in [1.807, 2.05) is 30.3 Å². The second-order valence-electron chi connectivity index (χ2n) is 4.91. The number of benzene rings is 3. The first-order valence-corrected chi connectivity index (χ1v) is 7.75. The fraction of sp³-hybridized carbons (Fsp3) is 0.0588. The Bertz CT molecular complexity index is 789. The van der Waals surface area contributed by atoms with Gasteiger partial charge in [-0.25, -0.2) is 5.43 Å². The third-order valence-corrected chi connectivity index (χ3v) is 4.24. The van der Waals surface area contributed by atoms with Crippen molar-refractivity contribution in [1.29, 1.82) is 0 Å². The van der Waals surface area contributed by atoms with Crippen LogP contribution in [-0.4, -0.2) is 0 Å². The van der Waals surface area contributed by atoms with E-state index in [2.05, 4.69) is 51.7 Å². The topological polar surface area (TPSA) is 38.0 Å². The van der Waals surface area contributed by atoms with Crippen LogP contribution in [0.2, 0.25) is 5.02 Å². The summed E-state index contributed by atoms with van der Waals surface area (Å²) in [6, 6.07) is 20.2. The fourth-order valence-corrected chi connectivity index (χ4v) is 3.06. The summed E-state index contributed by atoms with van der Waals surface area (Å²) in [5.41, 5.74) is 5.02. The molecule has 3 aromatic rings. The molecule has 0 amide bonds. The van der Waals surface area contributed by atoms with Gasteiger partial charge in [-0.05, 0) is 52.2 Å². The molecule has 0 saturated carbocycles. The van der Waals surface area contributed by atoms with Crippen molar-refractivity contribution in [2.75, 3.05) is 0 Å². The molecule has 0 saturated heterocycles. The molecule has 1 atom stereocenters. The van der Waals surface area contributed by atoms with Crippen molar-refractivity contribution in [3.8, 4) is 0 Å². The molecule has 0 aromatic heterocycles. The second-order valence-corrected chi connectivity index (χ2v) is 6.26. The van der Waals surface area contributed by atoms with Gasteiger partial charge in [0.05, 0.1) is 6.04 Å². The minimum Gasteiger partial charge on any atom is -0.271 e. The number of hydrogen-bond donors (Lipinski definition) is 2. The van der Waals surface area contributed by atoms with Gasteiger partial charge in [-0.15, -0.1) is 0 Å². The highest BCUT2D eigenvalue weighted by Gasteiger charge is 2.13. The molecule has 0 heterocycles. The average molecular weight is 362 g/mol. The van der Waals surface area contributed by atoms with Gasteiger partial charge in [-0.2, -0.15) is 0 Å². The highest BCUT2D eigenvalue weighted by molar-refractivity contribution is 9.10. The van der Waals surface area contributed by atoms with Crippen LogP contribution in [0.15, 0.2) is 65.1 Å². The van der Waals surface area contributed by atoms with E-state index in [-0.39, 0.29) is 6.04 Å². The lowest BCUT2D eigenvalue weighted by molar-refractivity contribution is 0.637. The number of fused-ring (bicyclic) bond motifs is 1. The smallest absolute Gasteiger partial charge is 0.0710 e. The molecule has 0 aliphatic rings. The standard InChI is InChI=1S/C17H14BrClN2/c18-15-7-6-11-8-14(5-4-12(11)9-15)17(21-20)13-2-1-3-16(19)10-13/h1-10,17,21H,20H2. The zero-order chi connectivity index (χ0) is 14.8. The van der Waals surface area contributed by atoms with Gasteiger partial charge < -0.3 is 0 Å². The van der Waals surface area contributed by atoms with E-state index in [0.29, 0.717) is 5.02 Å². The average Bonchev–Trinajstić information content (AvgIpc) is 2.48. The third-order valence-electron chi connectivity index (χ3n) is 3.51. The van der Waals surface area contributed by atoms with Crippen LogP contribution in [0, 0.1) is 0 Å². The summed E-state index contributed by atoms with van der Waals surface area (Å²) in [6.45, 7) is 0. The van der Waals surface area contributed by atoms with Crippen molar-refractivity contribution in [3.05, 3.63) is 81.3 Å². The maximum Gasteiger partial charge on any atom is 0.0710 e. The maximum absolute atomic E-state index is 6.07. The van der Waals surface area contributed by atoms with Crippen molar-refractivity contribution in [2.45, 2.75) is 6.04 Å². The molecule has 0 spiro atoms. The number of hydrazine groups is 1. The molecule has 0 aliphatic carbocycles. The van der Waals surface area contributed by atoms with E-state index in [0.717, 1.165) is 15.6 Å². The molecule has 0 aliphatic heterocycles. The first-order chi connectivity index (χ1) is 10.2. The summed E-state index contributed by atoms with van der Waals surface area (Å²) in [4.78, 5) is 0. The molecule has 21 heavy (non-hydrogen) atoms. The quantitative estimate of drug-likeness (QED) is 0.519. The minimum absolute atomic E-state index is 0.0863. The molecule has 0 bridgehead atoms. The summed E-state index contributed by atoms with van der Waals surface area (Å²) in [5, 5.41) is 3.07. The van der Waals surface area contributed by atoms with Crippen LogP contribution < -0.4 is 11.3 Å². The molecule has 3 N–H and O–H groups in total. The SMILES string of the molecule is NNC(c1cccc(Cl)c1)c1ccc2cc(Br)ccc2c1. The molecule has 3 rings (SSSR count). The number of nitrogens with two attached hydrogens (primary N) is 1. The molecule has 0 radical (unpaired) electrons. The Hall–Kier alpha value is -1.39. The number of hydrogen-bond acceptors (Lipinski definition) is 2. The molecule has 4 heteroatoms. The normalized spacial score (nSPS) is 12.5. The Morgan fingerprint density at radius 3 is 2.38 bits per heavy atom. The highest BCUT2D eigenvalue weighted by atomic mass is 79.9. The van der Waals surface area contributed by atoms with Crippen LogP contribution in [0.25, 0.3) is 10.8 Å². The third kappa shape index (κ3) is 3.11. The van der Waals surface area contributed by atoms with Crippen LogP contribution in [0.4, 0.5) is 0 Å². The first-order valence-electron chi connectivity index (χ1n) is 6.58. The van der Waals surface area contributed by atoms with Crippen LogP contribution in [0.1, 0.15) is 17.2 Å². The number of halogens is 2. The zero-order valence-corrected chi connectivity index (χ0v) is 13.5. The van der Waals surface area contributed by atoms with Gasteiger partial charge >= 0.3 is 0 Å². The van der Waals surface area contributed by atoms with E-state index in [4.69, 9.17) is 17.4 Å². The Morgan fingerprint density at radius 2 is 1.62 bits per heavy atom. The Labute approximate surface area is 137 Å². The molecule has 3 aromatic carbocycles. The highest BCUT2D eigenvalue weighted by Crippen LogP contribution is 2.27. The summed E-state index contributed by atoms with van der Waals surface area (Å²) >= 11 is 9.56. The maximum atomic E-state index is 6.07. The van der Waals surface area contributed by atoms with Crippen LogP contribution in [0.3, 0.4) is 0 Å². The lowest BCUT2D eigenvalue weighted by Gasteiger charge is -2.18. The minimum atomic E-state index is -0.0863. The van der Waals surface area contributed by atoms with Gasteiger partial charge in [0.25, 0.3) is 0 Å². The Morgan fingerprint density at radius 1 is 0.905 bits per heavy atom. The summed E-state index contributed by atoms with van der Waals surface area (Å²) in [6.07, 6.45) is 0. The van der Waals surface area contributed by atoms with Gasteiger partial charge in [0.2, 0.25) is 0 Å². The second kappa shape index (κ2) is 6.16. The van der Waals surface area contributed by atoms with Crippen molar-refractivity contribution in [1.82, 2.24) is 5.43 Å². The molecular formula is C17H14BrClN2. The molecule has 106 valence electrons. The van der Waals surface area contributed by atoms with E-state index in [1.54, 1.807) is 0 Å². The monoisotopic (exact) mass is 360 g/mol. The van der Waals surface area contributed by atoms with E-state index in [9.17, 15) is 0 Å². The van der Waals surface area contributed by atoms with Crippen LogP contribution in [-0.2, 0) is 0 Å². The molecule has 1 unspecified atom stereocenters. The predicted molar refractivity (Wildman–Crippen MR) is 92.3 cm³/mol. The lowest BCUT2D eigenvalue weighted by atomic mass is 9.97. The largest absolute Gasteiger partial charge is 0.271 e. The summed E-state index contributed by atoms with van der Waals surface area (Å²) in [7, 11) is 0. The van der Waals surface area contributed by atoms with Gasteiger partial charge in [-0.3, -0.25) is 5.84 Å². The zero-order valence-electron chi connectivity index (χ0n) is 11.2. The first kappa shape index (κ1) is 14.5. The number of rotatable bonds is 3. The molecule has 0 fully saturated rings. The number of nitrogens with one attached hydrogen (secondary N) is 1. The van der Waals surface area contributed by atoms with Gasteiger partial charge in [0.1, 0.15) is 0 Å². The van der Waals surface area contributed by atoms with E-state index < -0.39 is 0 Å². The van der Waals surface area contributed by atoms with Crippen LogP contribution >= 0.6 is 27.5 Å². The van der Waals surface area contributed by atoms with Crippen molar-refractivity contribution in [2.24, 2.45) is 5.84 Å². The fourth-order valence-electron chi connectivity index (χ4n) is 2.49. The van der Waals surface area contributed by atoms with E-state index in [1.165, 1.54) is 10.8 Å². The van der Waals surface area contributed by atoms with E-state index >= 15 is 0 Å². The van der Waals surface area contributed by atoms with Crippen molar-refractivity contribution >= 4 is 38.3 Å². The van der Waals surface area contributed by atoms with Crippen molar-refractivity contribution < 1.29 is 0 Å². The molecule has 2 nitrogen and oxygen atoms in total. The Kier molecular flexibility index (Phi) is 4.27. The van der Waals surface area contributed by atoms with Gasteiger partial charge in [0.15, 0.2) is 0 Å². The molecular weight excluding hydrogens is 348 g/mol. The van der Waals surface area contributed by atoms with Crippen LogP contribution in [0.5, 0.6) is 0 Å². The van der Waals surface area contributed by atoms with Crippen molar-refractivity contribution in [3.63, 3.8) is 0 Å². The predicted octanol–water partition coefficient (Wildman–Crippen LogP) is 4.81. The Balaban J connectivity index is 2.06. The summed E-state index contributed by atoms with van der Waals surface area (Å²) in [5.74, 6) is 5.75.